The molecule has 0 aromatic heterocycles. The van der Waals surface area contributed by atoms with Gasteiger partial charge in [0.2, 0.25) is 0 Å². The van der Waals surface area contributed by atoms with Crippen LogP contribution in [0.15, 0.2) is 18.2 Å². The number of quaternary nitrogens is 1. The van der Waals surface area contributed by atoms with Crippen LogP contribution in [0.5, 0.6) is 0 Å². The monoisotopic (exact) mass is 382 g/mol. The third kappa shape index (κ3) is 7.11. The normalized spacial score (nSPS) is 14.6. The lowest BCUT2D eigenvalue weighted by molar-refractivity contribution is -0.908. The zero-order valence-corrected chi connectivity index (χ0v) is 16.5. The number of benzene rings is 1. The molecule has 6 nitrogen and oxygen atoms in total. The first kappa shape index (κ1) is 19.8. The zero-order chi connectivity index (χ0) is 18.1. The second-order valence-electron chi connectivity index (χ2n) is 6.19. The number of hydrogen-bond acceptors (Lipinski definition) is 3. The maximum Gasteiger partial charge on any atom is 0.189 e. The van der Waals surface area contributed by atoms with Gasteiger partial charge in [-0.1, -0.05) is 18.2 Å². The van der Waals surface area contributed by atoms with Crippen LogP contribution in [0.4, 0.5) is 5.69 Å². The number of rotatable bonds is 5. The van der Waals surface area contributed by atoms with Crippen molar-refractivity contribution in [1.82, 2.24) is 16.2 Å². The molecule has 0 spiro atoms. The van der Waals surface area contributed by atoms with Gasteiger partial charge < -0.3 is 20.3 Å². The van der Waals surface area contributed by atoms with Crippen LogP contribution in [-0.2, 0) is 4.74 Å². The average Bonchev–Trinajstić information content (AvgIpc) is 2.61. The molecule has 0 radical (unpaired) electrons. The molecule has 1 aliphatic rings. The van der Waals surface area contributed by atoms with E-state index in [4.69, 9.17) is 29.2 Å². The number of morpholine rings is 1. The van der Waals surface area contributed by atoms with Crippen LogP contribution in [0.1, 0.15) is 17.5 Å². The molecule has 1 fully saturated rings. The summed E-state index contributed by atoms with van der Waals surface area (Å²) < 4.78 is 5.36. The number of aryl methyl sites for hydroxylation is 2. The Bertz CT molecular complexity index is 570. The lowest BCUT2D eigenvalue weighted by Gasteiger charge is -2.23. The van der Waals surface area contributed by atoms with Crippen LogP contribution in [0, 0.1) is 13.8 Å². The molecule has 0 bridgehead atoms. The van der Waals surface area contributed by atoms with E-state index in [1.54, 1.807) is 4.90 Å². The summed E-state index contributed by atoms with van der Waals surface area (Å²) in [6, 6.07) is 6.13. The Kier molecular flexibility index (Phi) is 8.33. The van der Waals surface area contributed by atoms with Gasteiger partial charge in [0.15, 0.2) is 10.2 Å². The summed E-state index contributed by atoms with van der Waals surface area (Å²) in [4.78, 5) is 1.60. The topological polar surface area (TPSA) is 61.8 Å². The quantitative estimate of drug-likeness (QED) is 0.285. The first-order chi connectivity index (χ1) is 12.1. The van der Waals surface area contributed by atoms with Gasteiger partial charge in [-0.15, -0.1) is 0 Å². The fraction of sp³-hybridized carbons (Fsp3) is 0.529. The van der Waals surface area contributed by atoms with Gasteiger partial charge in [-0.05, 0) is 49.4 Å². The summed E-state index contributed by atoms with van der Waals surface area (Å²) in [7, 11) is 0. The summed E-state index contributed by atoms with van der Waals surface area (Å²) >= 11 is 10.6. The molecule has 8 heteroatoms. The Morgan fingerprint density at radius 3 is 2.40 bits per heavy atom. The van der Waals surface area contributed by atoms with E-state index >= 15 is 0 Å². The van der Waals surface area contributed by atoms with Crippen LogP contribution in [0.2, 0.25) is 0 Å². The number of ether oxygens (including phenoxy) is 1. The van der Waals surface area contributed by atoms with Crippen molar-refractivity contribution >= 4 is 40.3 Å². The molecule has 1 aromatic rings. The number of hydrogen-bond donors (Lipinski definition) is 5. The van der Waals surface area contributed by atoms with Crippen LogP contribution >= 0.6 is 24.4 Å². The molecular formula is C17H28N5OS2+. The fourth-order valence-corrected chi connectivity index (χ4v) is 3.07. The summed E-state index contributed by atoms with van der Waals surface area (Å²) in [5, 5.41) is 7.42. The summed E-state index contributed by atoms with van der Waals surface area (Å²) in [6.45, 7) is 10.0. The van der Waals surface area contributed by atoms with Gasteiger partial charge in [0.05, 0.1) is 19.8 Å². The molecule has 0 atom stereocenters. The first-order valence-electron chi connectivity index (χ1n) is 8.64. The average molecular weight is 383 g/mol. The molecule has 0 amide bonds. The van der Waals surface area contributed by atoms with Crippen molar-refractivity contribution in [3.8, 4) is 0 Å². The Balaban J connectivity index is 1.60. The predicted octanol–water partition coefficient (Wildman–Crippen LogP) is 0.274. The number of thiocarbonyl (C=S) groups is 2. The third-order valence-electron chi connectivity index (χ3n) is 4.20. The van der Waals surface area contributed by atoms with Crippen molar-refractivity contribution in [2.24, 2.45) is 0 Å². The maximum atomic E-state index is 5.36. The molecular weight excluding hydrogens is 354 g/mol. The Labute approximate surface area is 160 Å². The van der Waals surface area contributed by atoms with E-state index in [0.717, 1.165) is 62.6 Å². The van der Waals surface area contributed by atoms with Crippen molar-refractivity contribution in [2.75, 3.05) is 44.7 Å². The first-order valence-corrected chi connectivity index (χ1v) is 9.46. The molecule has 2 rings (SSSR count). The lowest BCUT2D eigenvalue weighted by atomic mass is 10.1. The van der Waals surface area contributed by atoms with E-state index in [2.05, 4.69) is 21.5 Å². The zero-order valence-electron chi connectivity index (χ0n) is 14.9. The molecule has 1 aliphatic heterocycles. The van der Waals surface area contributed by atoms with Crippen LogP contribution in [0.25, 0.3) is 0 Å². The lowest BCUT2D eigenvalue weighted by Crippen LogP contribution is -3.14. The second kappa shape index (κ2) is 10.5. The number of hydrazine groups is 1. The third-order valence-corrected chi connectivity index (χ3v) is 4.65. The minimum Gasteiger partial charge on any atom is -0.370 e. The highest BCUT2D eigenvalue weighted by molar-refractivity contribution is 7.80. The van der Waals surface area contributed by atoms with E-state index < -0.39 is 0 Å². The Hall–Kier alpha value is -1.48. The minimum absolute atomic E-state index is 0.485. The molecule has 0 saturated carbocycles. The number of anilines is 1. The van der Waals surface area contributed by atoms with E-state index in [0.29, 0.717) is 10.2 Å². The fourth-order valence-electron chi connectivity index (χ4n) is 2.76. The number of nitrogens with one attached hydrogen (secondary N) is 5. The van der Waals surface area contributed by atoms with Gasteiger partial charge >= 0.3 is 0 Å². The predicted molar refractivity (Wildman–Crippen MR) is 110 cm³/mol. The van der Waals surface area contributed by atoms with E-state index in [1.807, 2.05) is 32.0 Å². The standard InChI is InChI=1S/C17H27N5OS2/c1-13-5-3-6-14(2)15(13)19-17(25)21-20-16(24)18-7-4-8-22-9-11-23-12-10-22/h3,5-6H,4,7-12H2,1-2H3,(H2,18,20,24)(H2,19,21,25)/p+1. The van der Waals surface area contributed by atoms with Crippen LogP contribution in [-0.4, -0.2) is 49.6 Å². The van der Waals surface area contributed by atoms with Gasteiger partial charge in [0.1, 0.15) is 13.1 Å². The highest BCUT2D eigenvalue weighted by Crippen LogP contribution is 2.18. The van der Waals surface area contributed by atoms with Gasteiger partial charge in [-0.25, -0.2) is 0 Å². The van der Waals surface area contributed by atoms with Gasteiger partial charge in [-0.2, -0.15) is 0 Å². The van der Waals surface area contributed by atoms with Crippen molar-refractivity contribution in [2.45, 2.75) is 20.3 Å². The van der Waals surface area contributed by atoms with Gasteiger partial charge in [-0.3, -0.25) is 10.9 Å². The van der Waals surface area contributed by atoms with Crippen molar-refractivity contribution < 1.29 is 9.64 Å². The SMILES string of the molecule is Cc1cccc(C)c1NC(=S)NNC(=S)NCCC[NH+]1CCOCC1. The van der Waals surface area contributed by atoms with Crippen LogP contribution < -0.4 is 26.4 Å². The highest BCUT2D eigenvalue weighted by Gasteiger charge is 2.12. The summed E-state index contributed by atoms with van der Waals surface area (Å²) in [5.41, 5.74) is 9.16. The molecule has 0 unspecified atom stereocenters. The smallest absolute Gasteiger partial charge is 0.189 e. The number of para-hydroxylation sites is 1. The highest BCUT2D eigenvalue weighted by atomic mass is 32.1. The molecule has 138 valence electrons. The van der Waals surface area contributed by atoms with Crippen molar-refractivity contribution in [3.63, 3.8) is 0 Å². The minimum atomic E-state index is 0.485. The maximum absolute atomic E-state index is 5.36. The molecule has 1 saturated heterocycles. The Morgan fingerprint density at radius 1 is 1.08 bits per heavy atom. The molecule has 0 aliphatic carbocycles. The molecule has 25 heavy (non-hydrogen) atoms. The van der Waals surface area contributed by atoms with Gasteiger partial charge in [0, 0.05) is 18.7 Å². The van der Waals surface area contributed by atoms with Crippen molar-refractivity contribution in [1.29, 1.82) is 0 Å². The van der Waals surface area contributed by atoms with Gasteiger partial charge in [0.25, 0.3) is 0 Å². The molecule has 5 N–H and O–H groups in total. The van der Waals surface area contributed by atoms with E-state index in [1.165, 1.54) is 0 Å². The summed E-state index contributed by atoms with van der Waals surface area (Å²) in [5.74, 6) is 0. The van der Waals surface area contributed by atoms with E-state index in [9.17, 15) is 0 Å². The largest absolute Gasteiger partial charge is 0.370 e. The molecule has 1 heterocycles. The van der Waals surface area contributed by atoms with Crippen LogP contribution in [0.3, 0.4) is 0 Å². The summed E-state index contributed by atoms with van der Waals surface area (Å²) in [6.07, 6.45) is 1.07. The Morgan fingerprint density at radius 2 is 1.72 bits per heavy atom. The second-order valence-corrected chi connectivity index (χ2v) is 7.01. The molecule has 1 aromatic carbocycles. The van der Waals surface area contributed by atoms with E-state index in [-0.39, 0.29) is 0 Å². The van der Waals surface area contributed by atoms with Crippen molar-refractivity contribution in [3.05, 3.63) is 29.3 Å².